The number of hydrogen-bond acceptors (Lipinski definition) is 3. The van der Waals surface area contributed by atoms with Crippen LogP contribution in [0, 0.1) is 5.82 Å². The highest BCUT2D eigenvalue weighted by molar-refractivity contribution is 6.29. The number of nitrogens with one attached hydrogen (secondary N) is 1. The van der Waals surface area contributed by atoms with E-state index >= 15 is 0 Å². The lowest BCUT2D eigenvalue weighted by molar-refractivity contribution is -0.456. The molecule has 0 radical (unpaired) electrons. The molecule has 24 heavy (non-hydrogen) atoms. The molecule has 0 saturated heterocycles. The van der Waals surface area contributed by atoms with Crippen LogP contribution in [-0.2, 0) is 4.79 Å². The van der Waals surface area contributed by atoms with Crippen molar-refractivity contribution in [1.29, 1.82) is 0 Å². The smallest absolute Gasteiger partial charge is 0.265 e. The average Bonchev–Trinajstić information content (AvgIpc) is 2.60. The molecule has 0 spiro atoms. The van der Waals surface area contributed by atoms with Gasteiger partial charge in [-0.3, -0.25) is 9.59 Å². The summed E-state index contributed by atoms with van der Waals surface area (Å²) in [5.41, 5.74) is 1.35. The topological polar surface area (TPSA) is 71.6 Å². The summed E-state index contributed by atoms with van der Waals surface area (Å²) in [6, 6.07) is 12.1. The first-order valence-corrected chi connectivity index (χ1v) is 7.54. The van der Waals surface area contributed by atoms with Crippen LogP contribution in [0.25, 0.3) is 0 Å². The Bertz CT molecular complexity index is 802. The van der Waals surface area contributed by atoms with Crippen molar-refractivity contribution in [3.05, 3.63) is 65.5 Å². The highest BCUT2D eigenvalue weighted by Gasteiger charge is 2.40. The second-order valence-electron chi connectivity index (χ2n) is 5.36. The van der Waals surface area contributed by atoms with Crippen molar-refractivity contribution >= 4 is 23.7 Å². The molecule has 0 bridgehead atoms. The van der Waals surface area contributed by atoms with E-state index in [-0.39, 0.29) is 6.61 Å². The maximum atomic E-state index is 13.1. The SMILES string of the molecule is O=C1c2ccccc2[C@@H](C=[NH+]CCO)C(=O)N1c1ccc(F)cc1. The van der Waals surface area contributed by atoms with Gasteiger partial charge in [-0.15, -0.1) is 0 Å². The number of rotatable bonds is 4. The predicted molar refractivity (Wildman–Crippen MR) is 86.4 cm³/mol. The molecule has 6 heteroatoms. The number of fused-ring (bicyclic) bond motifs is 1. The predicted octanol–water partition coefficient (Wildman–Crippen LogP) is 0.240. The Labute approximate surface area is 138 Å². The zero-order chi connectivity index (χ0) is 17.1. The summed E-state index contributed by atoms with van der Waals surface area (Å²) in [5, 5.41) is 8.89. The molecule has 0 fully saturated rings. The Morgan fingerprint density at radius 2 is 1.83 bits per heavy atom. The molecular weight excluding hydrogens is 311 g/mol. The van der Waals surface area contributed by atoms with Gasteiger partial charge in [-0.05, 0) is 35.9 Å². The van der Waals surface area contributed by atoms with Gasteiger partial charge in [0.2, 0.25) is 0 Å². The first kappa shape index (κ1) is 16.0. The van der Waals surface area contributed by atoms with Crippen LogP contribution in [0.5, 0.6) is 0 Å². The summed E-state index contributed by atoms with van der Waals surface area (Å²) in [5.74, 6) is -1.97. The Morgan fingerprint density at radius 3 is 2.54 bits per heavy atom. The van der Waals surface area contributed by atoms with E-state index in [1.807, 2.05) is 0 Å². The number of amides is 2. The number of aliphatic hydroxyl groups is 1. The quantitative estimate of drug-likeness (QED) is 0.624. The van der Waals surface area contributed by atoms with Crippen molar-refractivity contribution in [2.45, 2.75) is 5.92 Å². The van der Waals surface area contributed by atoms with Crippen LogP contribution >= 0.6 is 0 Å². The van der Waals surface area contributed by atoms with Crippen molar-refractivity contribution in [3.63, 3.8) is 0 Å². The number of aliphatic hydroxyl groups excluding tert-OH is 1. The van der Waals surface area contributed by atoms with E-state index in [0.717, 1.165) is 4.90 Å². The third kappa shape index (κ3) is 2.83. The molecule has 0 aromatic heterocycles. The Balaban J connectivity index is 2.07. The highest BCUT2D eigenvalue weighted by atomic mass is 19.1. The van der Waals surface area contributed by atoms with Gasteiger partial charge < -0.3 is 5.11 Å². The minimum atomic E-state index is -0.671. The van der Waals surface area contributed by atoms with E-state index in [0.29, 0.717) is 23.4 Å². The molecule has 2 amide bonds. The van der Waals surface area contributed by atoms with Gasteiger partial charge >= 0.3 is 0 Å². The molecule has 3 rings (SSSR count). The van der Waals surface area contributed by atoms with Gasteiger partial charge in [-0.25, -0.2) is 14.3 Å². The normalized spacial score (nSPS) is 17.4. The van der Waals surface area contributed by atoms with E-state index in [2.05, 4.69) is 4.99 Å². The van der Waals surface area contributed by atoms with Crippen LogP contribution in [-0.4, -0.2) is 36.3 Å². The first-order valence-electron chi connectivity index (χ1n) is 7.54. The fourth-order valence-electron chi connectivity index (χ4n) is 2.72. The summed E-state index contributed by atoms with van der Waals surface area (Å²) in [6.07, 6.45) is 1.57. The Morgan fingerprint density at radius 1 is 1.12 bits per heavy atom. The van der Waals surface area contributed by atoms with Gasteiger partial charge in [0.15, 0.2) is 12.8 Å². The van der Waals surface area contributed by atoms with Crippen LogP contribution < -0.4 is 9.89 Å². The van der Waals surface area contributed by atoms with E-state index in [1.54, 1.807) is 30.5 Å². The van der Waals surface area contributed by atoms with E-state index in [9.17, 15) is 14.0 Å². The zero-order valence-electron chi connectivity index (χ0n) is 12.8. The molecular formula is C18H16FN2O3+. The van der Waals surface area contributed by atoms with Crippen LogP contribution in [0.15, 0.2) is 48.5 Å². The fraction of sp³-hybridized carbons (Fsp3) is 0.167. The second-order valence-corrected chi connectivity index (χ2v) is 5.36. The van der Waals surface area contributed by atoms with Crippen molar-refractivity contribution in [3.8, 4) is 0 Å². The number of halogens is 1. The average molecular weight is 327 g/mol. The third-order valence-electron chi connectivity index (χ3n) is 3.84. The van der Waals surface area contributed by atoms with Gasteiger partial charge in [-0.2, -0.15) is 0 Å². The molecule has 122 valence electrons. The van der Waals surface area contributed by atoms with E-state index < -0.39 is 23.5 Å². The number of carbonyl (C=O) groups excluding carboxylic acids is 2. The lowest BCUT2D eigenvalue weighted by Gasteiger charge is -2.29. The highest BCUT2D eigenvalue weighted by Crippen LogP contribution is 2.31. The fourth-order valence-corrected chi connectivity index (χ4v) is 2.72. The molecule has 0 saturated carbocycles. The molecule has 0 aliphatic carbocycles. The molecule has 2 aromatic carbocycles. The molecule has 1 atom stereocenters. The second kappa shape index (κ2) is 6.72. The van der Waals surface area contributed by atoms with Crippen molar-refractivity contribution in [1.82, 2.24) is 0 Å². The first-order chi connectivity index (χ1) is 11.6. The maximum absolute atomic E-state index is 13.1. The minimum absolute atomic E-state index is 0.0698. The summed E-state index contributed by atoms with van der Waals surface area (Å²) in [6.45, 7) is 0.232. The molecule has 2 N–H and O–H groups in total. The molecule has 1 aliphatic rings. The Kier molecular flexibility index (Phi) is 4.48. The number of carbonyl (C=O) groups is 2. The van der Waals surface area contributed by atoms with Crippen molar-refractivity contribution < 1.29 is 24.1 Å². The number of imide groups is 1. The van der Waals surface area contributed by atoms with Crippen molar-refractivity contribution in [2.75, 3.05) is 18.1 Å². The monoisotopic (exact) mass is 327 g/mol. The van der Waals surface area contributed by atoms with Gasteiger partial charge in [0, 0.05) is 5.56 Å². The third-order valence-corrected chi connectivity index (χ3v) is 3.84. The molecule has 0 unspecified atom stereocenters. The van der Waals surface area contributed by atoms with Crippen LogP contribution in [0.1, 0.15) is 21.8 Å². The summed E-state index contributed by atoms with van der Waals surface area (Å²) in [7, 11) is 0. The largest absolute Gasteiger partial charge is 0.390 e. The molecule has 2 aromatic rings. The standard InChI is InChI=1S/C18H15FN2O3/c19-12-5-7-13(8-6-12)21-17(23)15-4-2-1-3-14(15)16(18(21)24)11-20-9-10-22/h1-8,11,16,22H,9-10H2/p+1/t16-/m1/s1. The number of nitrogens with zero attached hydrogens (tertiary/aromatic N) is 1. The van der Waals surface area contributed by atoms with Gasteiger partial charge in [0.1, 0.15) is 18.3 Å². The van der Waals surface area contributed by atoms with Crippen molar-refractivity contribution in [2.24, 2.45) is 0 Å². The van der Waals surface area contributed by atoms with Crippen LogP contribution in [0.2, 0.25) is 0 Å². The molecule has 1 aliphatic heterocycles. The lowest BCUT2D eigenvalue weighted by atomic mass is 9.89. The zero-order valence-corrected chi connectivity index (χ0v) is 12.8. The number of benzene rings is 2. The minimum Gasteiger partial charge on any atom is -0.390 e. The summed E-state index contributed by atoms with van der Waals surface area (Å²) < 4.78 is 13.1. The van der Waals surface area contributed by atoms with Crippen LogP contribution in [0.3, 0.4) is 0 Å². The van der Waals surface area contributed by atoms with E-state index in [1.165, 1.54) is 24.3 Å². The Hall–Kier alpha value is -2.86. The number of anilines is 1. The molecule has 1 heterocycles. The van der Waals surface area contributed by atoms with Gasteiger partial charge in [0.25, 0.3) is 11.8 Å². The van der Waals surface area contributed by atoms with E-state index in [4.69, 9.17) is 5.11 Å². The number of hydrogen-bond donors (Lipinski definition) is 2. The van der Waals surface area contributed by atoms with Gasteiger partial charge in [0.05, 0.1) is 5.69 Å². The summed E-state index contributed by atoms with van der Waals surface area (Å²) in [4.78, 5) is 29.5. The summed E-state index contributed by atoms with van der Waals surface area (Å²) >= 11 is 0. The molecule has 5 nitrogen and oxygen atoms in total. The lowest BCUT2D eigenvalue weighted by Crippen LogP contribution is -2.71. The van der Waals surface area contributed by atoms with Gasteiger partial charge in [-0.1, -0.05) is 18.2 Å². The van der Waals surface area contributed by atoms with Crippen LogP contribution in [0.4, 0.5) is 10.1 Å². The maximum Gasteiger partial charge on any atom is 0.265 e.